The number of hydrogen-bond acceptors (Lipinski definition) is 2. The van der Waals surface area contributed by atoms with Crippen molar-refractivity contribution in [3.05, 3.63) is 52.3 Å². The van der Waals surface area contributed by atoms with Crippen LogP contribution in [0.4, 0.5) is 4.39 Å². The van der Waals surface area contributed by atoms with Gasteiger partial charge < -0.3 is 4.42 Å². The zero-order valence-corrected chi connectivity index (χ0v) is 19.6. The molecule has 1 unspecified atom stereocenters. The summed E-state index contributed by atoms with van der Waals surface area (Å²) in [5.74, 6) is 2.12. The maximum Gasteiger partial charge on any atom is 0.227 e. The largest absolute Gasteiger partial charge is 0.436 e. The monoisotopic (exact) mass is 409 g/mol. The Kier molecular flexibility index (Phi) is 7.00. The number of fused-ring (bicyclic) bond motifs is 2. The molecule has 1 heterocycles. The molecule has 0 saturated heterocycles. The minimum atomic E-state index is -0.239. The third kappa shape index (κ3) is 3.68. The third-order valence-electron chi connectivity index (χ3n) is 6.59. The molecular formula is C27H36FNO. The van der Waals surface area contributed by atoms with Gasteiger partial charge in [0.1, 0.15) is 11.3 Å². The third-order valence-corrected chi connectivity index (χ3v) is 6.59. The smallest absolute Gasteiger partial charge is 0.227 e. The molecule has 3 heteroatoms. The molecule has 0 bridgehead atoms. The summed E-state index contributed by atoms with van der Waals surface area (Å²) >= 11 is 0. The second-order valence-corrected chi connectivity index (χ2v) is 8.22. The molecule has 3 atom stereocenters. The van der Waals surface area contributed by atoms with Gasteiger partial charge in [-0.2, -0.15) is 0 Å². The van der Waals surface area contributed by atoms with Crippen LogP contribution in [0.1, 0.15) is 107 Å². The molecule has 0 N–H and O–H groups in total. The molecule has 1 aromatic heterocycles. The number of nitrogens with zero attached hydrogens (tertiary/aromatic N) is 1. The zero-order chi connectivity index (χ0) is 22.0. The molecular weight excluding hydrogens is 373 g/mol. The van der Waals surface area contributed by atoms with Crippen molar-refractivity contribution < 1.29 is 8.81 Å². The Morgan fingerprint density at radius 2 is 1.40 bits per heavy atom. The predicted octanol–water partition coefficient (Wildman–Crippen LogP) is 8.87. The van der Waals surface area contributed by atoms with E-state index >= 15 is 0 Å². The van der Waals surface area contributed by atoms with Crippen LogP contribution >= 0.6 is 0 Å². The first kappa shape index (κ1) is 22.5. The zero-order valence-electron chi connectivity index (χ0n) is 19.6. The maximum atomic E-state index is 13.3. The fourth-order valence-corrected chi connectivity index (χ4v) is 5.26. The van der Waals surface area contributed by atoms with Gasteiger partial charge in [0.25, 0.3) is 0 Å². The quantitative estimate of drug-likeness (QED) is 0.401. The number of halogens is 1. The molecule has 2 aliphatic rings. The molecule has 2 nitrogen and oxygen atoms in total. The summed E-state index contributed by atoms with van der Waals surface area (Å²) < 4.78 is 19.6. The number of aryl methyl sites for hydroxylation is 1. The highest BCUT2D eigenvalue weighted by atomic mass is 19.1. The Morgan fingerprint density at radius 1 is 0.833 bits per heavy atom. The summed E-state index contributed by atoms with van der Waals surface area (Å²) in [6, 6.07) is 6.42. The van der Waals surface area contributed by atoms with Gasteiger partial charge in [0.15, 0.2) is 5.58 Å². The molecule has 5 rings (SSSR count). The Morgan fingerprint density at radius 3 is 2.00 bits per heavy atom. The topological polar surface area (TPSA) is 26.0 Å². The normalized spacial score (nSPS) is 21.8. The van der Waals surface area contributed by atoms with Crippen LogP contribution in [0.15, 0.2) is 28.7 Å². The molecule has 30 heavy (non-hydrogen) atoms. The Hall–Kier alpha value is -2.16. The van der Waals surface area contributed by atoms with Crippen molar-refractivity contribution in [3.8, 4) is 11.5 Å². The van der Waals surface area contributed by atoms with Crippen molar-refractivity contribution in [2.75, 3.05) is 0 Å². The second-order valence-electron chi connectivity index (χ2n) is 8.22. The summed E-state index contributed by atoms with van der Waals surface area (Å²) in [4.78, 5) is 4.86. The Bertz CT molecular complexity index is 1000. The summed E-state index contributed by atoms with van der Waals surface area (Å²) in [6.45, 7) is 14.9. The Labute approximate surface area is 180 Å². The second kappa shape index (κ2) is 9.32. The van der Waals surface area contributed by atoms with Gasteiger partial charge in [-0.25, -0.2) is 9.37 Å². The Balaban J connectivity index is 0.000000606. The number of oxazole rings is 1. The predicted molar refractivity (Wildman–Crippen MR) is 125 cm³/mol. The van der Waals surface area contributed by atoms with Gasteiger partial charge in [0, 0.05) is 11.1 Å². The first-order chi connectivity index (χ1) is 14.5. The maximum absolute atomic E-state index is 13.3. The summed E-state index contributed by atoms with van der Waals surface area (Å²) in [5.41, 5.74) is 8.56. The van der Waals surface area contributed by atoms with E-state index in [0.29, 0.717) is 23.6 Å². The average molecular weight is 410 g/mol. The number of hydrogen-bond donors (Lipinski definition) is 0. The highest BCUT2D eigenvalue weighted by molar-refractivity contribution is 5.86. The molecule has 0 saturated carbocycles. The van der Waals surface area contributed by atoms with Crippen molar-refractivity contribution in [1.82, 2.24) is 4.98 Å². The van der Waals surface area contributed by atoms with E-state index in [0.717, 1.165) is 16.7 Å². The van der Waals surface area contributed by atoms with E-state index in [-0.39, 0.29) is 5.82 Å². The first-order valence-corrected chi connectivity index (χ1v) is 11.8. The molecule has 2 aliphatic carbocycles. The van der Waals surface area contributed by atoms with Crippen LogP contribution in [0.5, 0.6) is 0 Å². The molecule has 162 valence electrons. The van der Waals surface area contributed by atoms with Crippen LogP contribution in [0, 0.1) is 12.7 Å². The van der Waals surface area contributed by atoms with E-state index in [1.807, 2.05) is 27.7 Å². The van der Waals surface area contributed by atoms with Gasteiger partial charge in [-0.1, -0.05) is 41.5 Å². The highest BCUT2D eigenvalue weighted by Crippen LogP contribution is 2.53. The van der Waals surface area contributed by atoms with Crippen molar-refractivity contribution in [2.24, 2.45) is 0 Å². The van der Waals surface area contributed by atoms with E-state index in [9.17, 15) is 4.39 Å². The van der Waals surface area contributed by atoms with Gasteiger partial charge in [-0.3, -0.25) is 0 Å². The summed E-state index contributed by atoms with van der Waals surface area (Å²) in [7, 11) is 0. The van der Waals surface area contributed by atoms with E-state index < -0.39 is 0 Å². The van der Waals surface area contributed by atoms with Crippen LogP contribution in [0.25, 0.3) is 22.6 Å². The number of rotatable bonds is 1. The molecule has 0 spiro atoms. The lowest BCUT2D eigenvalue weighted by Gasteiger charge is -2.38. The molecule has 0 aliphatic heterocycles. The lowest BCUT2D eigenvalue weighted by molar-refractivity contribution is 0.420. The molecule has 0 fully saturated rings. The van der Waals surface area contributed by atoms with Crippen molar-refractivity contribution in [2.45, 2.75) is 91.9 Å². The summed E-state index contributed by atoms with van der Waals surface area (Å²) in [5, 5.41) is 0. The number of benzene rings is 2. The molecule has 2 aromatic carbocycles. The average Bonchev–Trinajstić information content (AvgIpc) is 3.22. The molecule has 0 radical (unpaired) electrons. The van der Waals surface area contributed by atoms with E-state index in [1.54, 1.807) is 17.7 Å². The van der Waals surface area contributed by atoms with E-state index in [1.165, 1.54) is 54.5 Å². The van der Waals surface area contributed by atoms with Crippen LogP contribution in [-0.4, -0.2) is 4.98 Å². The van der Waals surface area contributed by atoms with Gasteiger partial charge in [-0.05, 0) is 91.3 Å². The van der Waals surface area contributed by atoms with Crippen molar-refractivity contribution in [1.29, 1.82) is 0 Å². The van der Waals surface area contributed by atoms with Gasteiger partial charge >= 0.3 is 0 Å². The van der Waals surface area contributed by atoms with Crippen LogP contribution in [0.2, 0.25) is 0 Å². The van der Waals surface area contributed by atoms with Crippen molar-refractivity contribution >= 4 is 11.1 Å². The van der Waals surface area contributed by atoms with Gasteiger partial charge in [-0.15, -0.1) is 0 Å². The summed E-state index contributed by atoms with van der Waals surface area (Å²) in [6.07, 6.45) is 5.06. The standard InChI is InChI=1S/C23H24FNO.2C2H6/c1-12-4-6-15-7-5-13(2)19-20(15)18(12)14(3)21-22(19)26-23(25-21)16-8-10-17(24)11-9-16;2*1-2/h8-13,15H,4-7H2,1-3H3;2*1-2H3/t12-,13+,15?;;/m1../s1. The fourth-order valence-electron chi connectivity index (χ4n) is 5.26. The minimum absolute atomic E-state index is 0.239. The van der Waals surface area contributed by atoms with Gasteiger partial charge in [0.05, 0.1) is 0 Å². The fraction of sp³-hybridized carbons (Fsp3) is 0.519. The van der Waals surface area contributed by atoms with Crippen LogP contribution in [0.3, 0.4) is 0 Å². The van der Waals surface area contributed by atoms with Crippen LogP contribution < -0.4 is 0 Å². The first-order valence-electron chi connectivity index (χ1n) is 11.8. The van der Waals surface area contributed by atoms with Gasteiger partial charge in [0.2, 0.25) is 5.89 Å². The minimum Gasteiger partial charge on any atom is -0.436 e. The van der Waals surface area contributed by atoms with Crippen molar-refractivity contribution in [3.63, 3.8) is 0 Å². The lowest BCUT2D eigenvalue weighted by atomic mass is 9.66. The van der Waals surface area contributed by atoms with E-state index in [2.05, 4.69) is 20.8 Å². The SMILES string of the molecule is CC.CC.Cc1c2c3c(c4oc(-c5ccc(F)cc5)nc14)[C@@H](C)CCC3CC[C@H]2C. The van der Waals surface area contributed by atoms with E-state index in [4.69, 9.17) is 9.40 Å². The molecule has 3 aromatic rings. The number of aromatic nitrogens is 1. The lowest BCUT2D eigenvalue weighted by Crippen LogP contribution is -2.22. The highest BCUT2D eigenvalue weighted by Gasteiger charge is 2.36. The molecule has 0 amide bonds. The van der Waals surface area contributed by atoms with Crippen LogP contribution in [-0.2, 0) is 0 Å².